The highest BCUT2D eigenvalue weighted by atomic mass is 13.9. The van der Waals surface area contributed by atoms with Crippen LogP contribution in [0.15, 0.2) is 78.5 Å². The molecule has 0 amide bonds. The first-order valence-electron chi connectivity index (χ1n) is 7.42. The second kappa shape index (κ2) is 8.96. The van der Waals surface area contributed by atoms with Crippen molar-refractivity contribution < 1.29 is 0 Å². The molecule has 0 radical (unpaired) electrons. The molecular formula is C20H22. The number of hydrogen-bond donors (Lipinski definition) is 0. The Morgan fingerprint density at radius 1 is 0.650 bits per heavy atom. The standard InChI is InChI=1S/C20H22/c1(3-7-13-19-15-9-5-10-16-19)2-4-8-14-20-17-11-6-12-18-20/h1,4-6,9-12,15-18H,3,7-8,13-14H2. The van der Waals surface area contributed by atoms with E-state index >= 15 is 0 Å². The third kappa shape index (κ3) is 5.73. The minimum Gasteiger partial charge on any atom is -0.130 e. The number of rotatable bonds is 7. The number of unbranched alkanes of at least 4 members (excludes halogenated alkanes) is 1. The van der Waals surface area contributed by atoms with Crippen LogP contribution in [0.4, 0.5) is 0 Å². The van der Waals surface area contributed by atoms with Gasteiger partial charge in [0.25, 0.3) is 0 Å². The first kappa shape index (κ1) is 14.4. The summed E-state index contributed by atoms with van der Waals surface area (Å²) in [5.74, 6) is 0. The van der Waals surface area contributed by atoms with Crippen molar-refractivity contribution in [3.63, 3.8) is 0 Å². The molecule has 0 spiro atoms. The molecule has 0 saturated carbocycles. The largest absolute Gasteiger partial charge is 0.130 e. The first-order chi connectivity index (χ1) is 9.95. The maximum Gasteiger partial charge on any atom is -0.0234 e. The number of benzene rings is 2. The molecule has 2 rings (SSSR count). The second-order valence-electron chi connectivity index (χ2n) is 4.98. The molecule has 0 atom stereocenters. The van der Waals surface area contributed by atoms with Crippen molar-refractivity contribution in [3.05, 3.63) is 89.7 Å². The van der Waals surface area contributed by atoms with Crippen LogP contribution in [-0.2, 0) is 12.8 Å². The second-order valence-corrected chi connectivity index (χ2v) is 4.98. The Morgan fingerprint density at radius 2 is 1.20 bits per heavy atom. The summed E-state index contributed by atoms with van der Waals surface area (Å²) in [6.07, 6.45) is 9.94. The van der Waals surface area contributed by atoms with Gasteiger partial charge in [-0.25, -0.2) is 0 Å². The van der Waals surface area contributed by atoms with Gasteiger partial charge in [0.15, 0.2) is 0 Å². The van der Waals surface area contributed by atoms with Gasteiger partial charge in [-0.2, -0.15) is 0 Å². The van der Waals surface area contributed by atoms with Gasteiger partial charge in [0, 0.05) is 0 Å². The molecule has 20 heavy (non-hydrogen) atoms. The van der Waals surface area contributed by atoms with Gasteiger partial charge >= 0.3 is 0 Å². The zero-order valence-corrected chi connectivity index (χ0v) is 12.0. The van der Waals surface area contributed by atoms with E-state index in [1.807, 2.05) is 0 Å². The monoisotopic (exact) mass is 262 g/mol. The van der Waals surface area contributed by atoms with Crippen LogP contribution in [0.5, 0.6) is 0 Å². The van der Waals surface area contributed by atoms with Crippen molar-refractivity contribution in [2.75, 3.05) is 0 Å². The topological polar surface area (TPSA) is 0 Å². The SMILES string of the molecule is C(=CCCCc1ccccc1)=CCCc1ccccc1. The number of aryl methyl sites for hydroxylation is 2. The Labute approximate surface area is 122 Å². The number of hydrogen-bond acceptors (Lipinski definition) is 0. The summed E-state index contributed by atoms with van der Waals surface area (Å²) in [6.45, 7) is 0. The van der Waals surface area contributed by atoms with Crippen LogP contribution < -0.4 is 0 Å². The van der Waals surface area contributed by atoms with Crippen LogP contribution in [0.1, 0.15) is 30.4 Å². The van der Waals surface area contributed by atoms with Gasteiger partial charge in [-0.1, -0.05) is 60.7 Å². The van der Waals surface area contributed by atoms with E-state index in [4.69, 9.17) is 0 Å². The van der Waals surface area contributed by atoms with Gasteiger partial charge in [-0.3, -0.25) is 0 Å². The van der Waals surface area contributed by atoms with Gasteiger partial charge in [0.2, 0.25) is 0 Å². The fourth-order valence-electron chi connectivity index (χ4n) is 2.19. The summed E-state index contributed by atoms with van der Waals surface area (Å²) < 4.78 is 0. The molecular weight excluding hydrogens is 240 g/mol. The summed E-state index contributed by atoms with van der Waals surface area (Å²) in [4.78, 5) is 0. The maximum atomic E-state index is 3.29. The highest BCUT2D eigenvalue weighted by Crippen LogP contribution is 2.05. The molecule has 0 unspecified atom stereocenters. The highest BCUT2D eigenvalue weighted by molar-refractivity contribution is 5.15. The molecule has 0 aromatic heterocycles. The van der Waals surface area contributed by atoms with Crippen LogP contribution in [0.2, 0.25) is 0 Å². The average molecular weight is 262 g/mol. The Morgan fingerprint density at radius 3 is 1.85 bits per heavy atom. The van der Waals surface area contributed by atoms with Crippen LogP contribution in [0.3, 0.4) is 0 Å². The molecule has 102 valence electrons. The average Bonchev–Trinajstić information content (AvgIpc) is 2.52. The lowest BCUT2D eigenvalue weighted by molar-refractivity contribution is 0.843. The molecule has 0 saturated heterocycles. The van der Waals surface area contributed by atoms with Crippen LogP contribution in [0, 0.1) is 0 Å². The van der Waals surface area contributed by atoms with E-state index in [2.05, 4.69) is 78.5 Å². The van der Waals surface area contributed by atoms with E-state index in [0.29, 0.717) is 0 Å². The molecule has 0 aliphatic heterocycles. The van der Waals surface area contributed by atoms with E-state index < -0.39 is 0 Å². The Hall–Kier alpha value is -2.04. The predicted molar refractivity (Wildman–Crippen MR) is 86.8 cm³/mol. The fourth-order valence-corrected chi connectivity index (χ4v) is 2.19. The van der Waals surface area contributed by atoms with Crippen LogP contribution in [-0.4, -0.2) is 0 Å². The highest BCUT2D eigenvalue weighted by Gasteiger charge is 1.89. The lowest BCUT2D eigenvalue weighted by Crippen LogP contribution is -1.82. The Bertz CT molecular complexity index is 531. The molecule has 2 aromatic rings. The van der Waals surface area contributed by atoms with E-state index in [9.17, 15) is 0 Å². The zero-order chi connectivity index (χ0) is 13.9. The van der Waals surface area contributed by atoms with Gasteiger partial charge in [-0.05, 0) is 55.4 Å². The van der Waals surface area contributed by atoms with Gasteiger partial charge in [0.1, 0.15) is 0 Å². The molecule has 0 aliphatic rings. The summed E-state index contributed by atoms with van der Waals surface area (Å²) in [5, 5.41) is 0. The van der Waals surface area contributed by atoms with Crippen molar-refractivity contribution in [2.45, 2.75) is 32.1 Å². The normalized spacial score (nSPS) is 9.80. The molecule has 0 nitrogen and oxygen atoms in total. The van der Waals surface area contributed by atoms with Crippen molar-refractivity contribution in [1.82, 2.24) is 0 Å². The molecule has 0 heteroatoms. The van der Waals surface area contributed by atoms with Gasteiger partial charge < -0.3 is 0 Å². The molecule has 0 heterocycles. The number of allylic oxidation sites excluding steroid dienone is 1. The van der Waals surface area contributed by atoms with Crippen molar-refractivity contribution >= 4 is 0 Å². The third-order valence-corrected chi connectivity index (χ3v) is 3.31. The van der Waals surface area contributed by atoms with Crippen LogP contribution in [0.25, 0.3) is 0 Å². The molecule has 0 fully saturated rings. The van der Waals surface area contributed by atoms with Crippen molar-refractivity contribution in [1.29, 1.82) is 0 Å². The van der Waals surface area contributed by atoms with Gasteiger partial charge in [0.05, 0.1) is 0 Å². The van der Waals surface area contributed by atoms with E-state index in [1.54, 1.807) is 0 Å². The Balaban J connectivity index is 1.60. The summed E-state index contributed by atoms with van der Waals surface area (Å²) >= 11 is 0. The van der Waals surface area contributed by atoms with Gasteiger partial charge in [-0.15, -0.1) is 5.73 Å². The maximum absolute atomic E-state index is 3.29. The minimum atomic E-state index is 1.07. The molecule has 0 bridgehead atoms. The predicted octanol–water partition coefficient (Wildman–Crippen LogP) is 5.35. The lowest BCUT2D eigenvalue weighted by Gasteiger charge is -1.97. The summed E-state index contributed by atoms with van der Waals surface area (Å²) in [7, 11) is 0. The lowest BCUT2D eigenvalue weighted by atomic mass is 10.1. The first-order valence-corrected chi connectivity index (χ1v) is 7.42. The van der Waals surface area contributed by atoms with Crippen molar-refractivity contribution in [2.24, 2.45) is 0 Å². The smallest absolute Gasteiger partial charge is 0.0234 e. The van der Waals surface area contributed by atoms with E-state index in [0.717, 1.165) is 25.7 Å². The van der Waals surface area contributed by atoms with E-state index in [1.165, 1.54) is 17.5 Å². The third-order valence-electron chi connectivity index (χ3n) is 3.31. The van der Waals surface area contributed by atoms with Crippen LogP contribution >= 0.6 is 0 Å². The zero-order valence-electron chi connectivity index (χ0n) is 12.0. The van der Waals surface area contributed by atoms with E-state index in [-0.39, 0.29) is 0 Å². The Kier molecular flexibility index (Phi) is 6.44. The summed E-state index contributed by atoms with van der Waals surface area (Å²) in [6, 6.07) is 21.3. The van der Waals surface area contributed by atoms with Crippen molar-refractivity contribution in [3.8, 4) is 0 Å². The summed E-state index contributed by atoms with van der Waals surface area (Å²) in [5.41, 5.74) is 6.11. The quantitative estimate of drug-likeness (QED) is 0.466. The molecule has 0 N–H and O–H groups in total. The molecule has 2 aromatic carbocycles. The molecule has 0 aliphatic carbocycles. The minimum absolute atomic E-state index is 1.07. The fraction of sp³-hybridized carbons (Fsp3) is 0.250.